The van der Waals surface area contributed by atoms with E-state index in [0.29, 0.717) is 11.1 Å². The monoisotopic (exact) mass is 247 g/mol. The zero-order valence-electron chi connectivity index (χ0n) is 8.70. The molecule has 1 unspecified atom stereocenters. The van der Waals surface area contributed by atoms with Gasteiger partial charge in [-0.05, 0) is 18.2 Å². The average Bonchev–Trinajstić information content (AvgIpc) is 2.97. The first-order chi connectivity index (χ1) is 8.27. The van der Waals surface area contributed by atoms with Crippen LogP contribution in [-0.2, 0) is 0 Å². The summed E-state index contributed by atoms with van der Waals surface area (Å²) in [5, 5.41) is 17.1. The molecule has 86 valence electrons. The van der Waals surface area contributed by atoms with Gasteiger partial charge in [0.15, 0.2) is 6.23 Å². The number of nitrogens with zero attached hydrogens (tertiary/aromatic N) is 2. The molecule has 2 aromatic heterocycles. The van der Waals surface area contributed by atoms with Crippen molar-refractivity contribution in [3.63, 3.8) is 0 Å². The fourth-order valence-corrected chi connectivity index (χ4v) is 2.69. The molecule has 0 aliphatic carbocycles. The summed E-state index contributed by atoms with van der Waals surface area (Å²) in [4.78, 5) is 12.0. The van der Waals surface area contributed by atoms with Gasteiger partial charge >= 0.3 is 0 Å². The van der Waals surface area contributed by atoms with E-state index in [9.17, 15) is 9.90 Å². The SMILES string of the molecule is O=c1c2ccccc2sn1C(O)c1ccn[nH]1. The summed E-state index contributed by atoms with van der Waals surface area (Å²) >= 11 is 1.24. The molecule has 1 atom stereocenters. The molecule has 2 heterocycles. The van der Waals surface area contributed by atoms with Crippen LogP contribution in [-0.4, -0.2) is 19.3 Å². The Balaban J connectivity index is 2.18. The van der Waals surface area contributed by atoms with Crippen molar-refractivity contribution in [3.05, 3.63) is 52.6 Å². The lowest BCUT2D eigenvalue weighted by Crippen LogP contribution is -2.19. The van der Waals surface area contributed by atoms with E-state index in [1.165, 1.54) is 21.7 Å². The van der Waals surface area contributed by atoms with Crippen LogP contribution < -0.4 is 5.56 Å². The molecule has 0 spiro atoms. The van der Waals surface area contributed by atoms with E-state index < -0.39 is 6.23 Å². The molecule has 0 saturated heterocycles. The smallest absolute Gasteiger partial charge is 0.271 e. The highest BCUT2D eigenvalue weighted by atomic mass is 32.1. The zero-order valence-corrected chi connectivity index (χ0v) is 9.52. The van der Waals surface area contributed by atoms with Gasteiger partial charge in [0.2, 0.25) is 0 Å². The number of aromatic nitrogens is 3. The lowest BCUT2D eigenvalue weighted by atomic mass is 10.3. The largest absolute Gasteiger partial charge is 0.367 e. The van der Waals surface area contributed by atoms with E-state index in [1.54, 1.807) is 12.1 Å². The Morgan fingerprint density at radius 1 is 1.35 bits per heavy atom. The van der Waals surface area contributed by atoms with Crippen molar-refractivity contribution in [2.75, 3.05) is 0 Å². The summed E-state index contributed by atoms with van der Waals surface area (Å²) in [6, 6.07) is 8.93. The van der Waals surface area contributed by atoms with Crippen LogP contribution in [0.5, 0.6) is 0 Å². The Morgan fingerprint density at radius 2 is 2.18 bits per heavy atom. The number of hydrogen-bond donors (Lipinski definition) is 2. The van der Waals surface area contributed by atoms with Gasteiger partial charge in [-0.25, -0.2) is 3.96 Å². The molecule has 5 nitrogen and oxygen atoms in total. The van der Waals surface area contributed by atoms with Crippen molar-refractivity contribution in [1.29, 1.82) is 0 Å². The number of fused-ring (bicyclic) bond motifs is 1. The molecule has 3 rings (SSSR count). The molecule has 0 amide bonds. The number of aromatic amines is 1. The van der Waals surface area contributed by atoms with Crippen LogP contribution in [0.2, 0.25) is 0 Å². The minimum atomic E-state index is -1.01. The van der Waals surface area contributed by atoms with Crippen LogP contribution in [0.1, 0.15) is 11.9 Å². The van der Waals surface area contributed by atoms with Gasteiger partial charge < -0.3 is 5.11 Å². The normalized spacial score (nSPS) is 13.0. The lowest BCUT2D eigenvalue weighted by molar-refractivity contribution is 0.150. The van der Waals surface area contributed by atoms with Crippen molar-refractivity contribution in [1.82, 2.24) is 14.2 Å². The molecule has 0 aliphatic heterocycles. The second-order valence-corrected chi connectivity index (χ2v) is 4.62. The topological polar surface area (TPSA) is 70.9 Å². The maximum Gasteiger partial charge on any atom is 0.271 e. The Morgan fingerprint density at radius 3 is 2.88 bits per heavy atom. The van der Waals surface area contributed by atoms with E-state index in [2.05, 4.69) is 10.2 Å². The third-order valence-corrected chi connectivity index (χ3v) is 3.65. The first kappa shape index (κ1) is 10.2. The molecule has 6 heteroatoms. The van der Waals surface area contributed by atoms with Gasteiger partial charge in [-0.1, -0.05) is 23.7 Å². The highest BCUT2D eigenvalue weighted by Gasteiger charge is 2.16. The Bertz CT molecular complexity index is 699. The molecule has 0 radical (unpaired) electrons. The first-order valence-electron chi connectivity index (χ1n) is 5.05. The number of aliphatic hydroxyl groups excluding tert-OH is 1. The lowest BCUT2D eigenvalue weighted by Gasteiger charge is -2.06. The molecule has 0 fully saturated rings. The van der Waals surface area contributed by atoms with Gasteiger partial charge in [0.05, 0.1) is 15.8 Å². The van der Waals surface area contributed by atoms with Crippen LogP contribution in [0, 0.1) is 0 Å². The summed E-state index contributed by atoms with van der Waals surface area (Å²) in [5.74, 6) is 0. The number of nitrogens with one attached hydrogen (secondary N) is 1. The number of benzene rings is 1. The van der Waals surface area contributed by atoms with E-state index in [-0.39, 0.29) is 5.56 Å². The summed E-state index contributed by atoms with van der Waals surface area (Å²) in [6.45, 7) is 0. The minimum Gasteiger partial charge on any atom is -0.367 e. The van der Waals surface area contributed by atoms with Crippen molar-refractivity contribution < 1.29 is 5.11 Å². The predicted molar refractivity (Wildman–Crippen MR) is 65.0 cm³/mol. The first-order valence-corrected chi connectivity index (χ1v) is 5.82. The van der Waals surface area contributed by atoms with Gasteiger partial charge in [-0.2, -0.15) is 5.10 Å². The van der Waals surface area contributed by atoms with E-state index in [0.717, 1.165) is 4.70 Å². The third-order valence-electron chi connectivity index (χ3n) is 2.54. The van der Waals surface area contributed by atoms with Crippen LogP contribution in [0.25, 0.3) is 10.1 Å². The van der Waals surface area contributed by atoms with Crippen LogP contribution >= 0.6 is 11.5 Å². The van der Waals surface area contributed by atoms with Gasteiger partial charge in [-0.15, -0.1) is 0 Å². The maximum atomic E-state index is 12.0. The van der Waals surface area contributed by atoms with Gasteiger partial charge in [0.25, 0.3) is 5.56 Å². The zero-order chi connectivity index (χ0) is 11.8. The number of rotatable bonds is 2. The molecule has 1 aromatic carbocycles. The summed E-state index contributed by atoms with van der Waals surface area (Å²) < 4.78 is 2.19. The third kappa shape index (κ3) is 1.58. The number of hydrogen-bond acceptors (Lipinski definition) is 4. The number of H-pyrrole nitrogens is 1. The Kier molecular flexibility index (Phi) is 2.31. The van der Waals surface area contributed by atoms with Crippen molar-refractivity contribution in [2.24, 2.45) is 0 Å². The number of aliphatic hydroxyl groups is 1. The summed E-state index contributed by atoms with van der Waals surface area (Å²) in [6.07, 6.45) is 0.527. The molecular weight excluding hydrogens is 238 g/mol. The fourth-order valence-electron chi connectivity index (χ4n) is 1.69. The second-order valence-electron chi connectivity index (χ2n) is 3.60. The average molecular weight is 247 g/mol. The molecule has 0 saturated carbocycles. The van der Waals surface area contributed by atoms with E-state index in [4.69, 9.17) is 0 Å². The molecule has 3 aromatic rings. The van der Waals surface area contributed by atoms with Crippen molar-refractivity contribution >= 4 is 21.6 Å². The van der Waals surface area contributed by atoms with Crippen molar-refractivity contribution in [3.8, 4) is 0 Å². The van der Waals surface area contributed by atoms with Gasteiger partial charge in [-0.3, -0.25) is 9.89 Å². The highest BCUT2D eigenvalue weighted by Crippen LogP contribution is 2.21. The molecule has 17 heavy (non-hydrogen) atoms. The van der Waals surface area contributed by atoms with Gasteiger partial charge in [0, 0.05) is 6.20 Å². The predicted octanol–water partition coefficient (Wildman–Crippen LogP) is 1.33. The van der Waals surface area contributed by atoms with Crippen molar-refractivity contribution in [2.45, 2.75) is 6.23 Å². The molecule has 2 N–H and O–H groups in total. The standard InChI is InChI=1S/C11H9N3O2S/c15-10-7-3-1-2-4-9(7)17-14(10)11(16)8-5-6-12-13-8/h1-6,11,16H,(H,12,13). The van der Waals surface area contributed by atoms with Gasteiger partial charge in [0.1, 0.15) is 0 Å². The summed E-state index contributed by atoms with van der Waals surface area (Å²) in [7, 11) is 0. The minimum absolute atomic E-state index is 0.187. The van der Waals surface area contributed by atoms with Crippen LogP contribution in [0.3, 0.4) is 0 Å². The second kappa shape index (κ2) is 3.83. The molecular formula is C11H9N3O2S. The Labute approximate surface area is 100 Å². The van der Waals surface area contributed by atoms with E-state index in [1.807, 2.05) is 18.2 Å². The maximum absolute atomic E-state index is 12.0. The van der Waals surface area contributed by atoms with Crippen LogP contribution in [0.15, 0.2) is 41.3 Å². The van der Waals surface area contributed by atoms with E-state index >= 15 is 0 Å². The fraction of sp³-hybridized carbons (Fsp3) is 0.0909. The molecule has 0 bridgehead atoms. The van der Waals surface area contributed by atoms with Crippen LogP contribution in [0.4, 0.5) is 0 Å². The highest BCUT2D eigenvalue weighted by molar-refractivity contribution is 7.13. The molecule has 0 aliphatic rings. The Hall–Kier alpha value is -1.92. The summed E-state index contributed by atoms with van der Waals surface area (Å²) in [5.41, 5.74) is 0.311. The quantitative estimate of drug-likeness (QED) is 0.717.